The molecule has 0 fully saturated rings. The highest BCUT2D eigenvalue weighted by Gasteiger charge is 2.34. The molecule has 0 bridgehead atoms. The number of sulfonamides is 1. The van der Waals surface area contributed by atoms with Crippen molar-refractivity contribution in [1.29, 1.82) is 0 Å². The summed E-state index contributed by atoms with van der Waals surface area (Å²) in [6, 6.07) is 19.1. The van der Waals surface area contributed by atoms with E-state index in [4.69, 9.17) is 16.3 Å². The van der Waals surface area contributed by atoms with Gasteiger partial charge in [0.1, 0.15) is 18.3 Å². The highest BCUT2D eigenvalue weighted by molar-refractivity contribution is 7.92. The molecule has 0 aromatic heterocycles. The number of nitrogens with zero attached hydrogens (tertiary/aromatic N) is 2. The predicted octanol–water partition coefficient (Wildman–Crippen LogP) is 5.57. The topological polar surface area (TPSA) is 96.0 Å². The number of hydrogen-bond acceptors (Lipinski definition) is 5. The summed E-state index contributed by atoms with van der Waals surface area (Å²) < 4.78 is 34.1. The van der Waals surface area contributed by atoms with E-state index in [1.807, 2.05) is 52.0 Å². The number of methoxy groups -OCH3 is 1. The van der Waals surface area contributed by atoms with Crippen molar-refractivity contribution in [3.63, 3.8) is 0 Å². The van der Waals surface area contributed by atoms with Gasteiger partial charge in [0.05, 0.1) is 22.7 Å². The third-order valence-corrected chi connectivity index (χ3v) is 9.11. The van der Waals surface area contributed by atoms with Gasteiger partial charge in [0.15, 0.2) is 0 Å². The summed E-state index contributed by atoms with van der Waals surface area (Å²) in [5.74, 6) is -0.438. The second kappa shape index (κ2) is 14.4. The van der Waals surface area contributed by atoms with E-state index in [1.165, 1.54) is 36.3 Å². The first kappa shape index (κ1) is 32.0. The third kappa shape index (κ3) is 7.80. The van der Waals surface area contributed by atoms with Gasteiger partial charge in [-0.15, -0.1) is 0 Å². The summed E-state index contributed by atoms with van der Waals surface area (Å²) in [5, 5.41) is 3.18. The lowest BCUT2D eigenvalue weighted by molar-refractivity contribution is -0.140. The minimum Gasteiger partial charge on any atom is -0.495 e. The van der Waals surface area contributed by atoms with E-state index in [2.05, 4.69) is 5.32 Å². The van der Waals surface area contributed by atoms with E-state index >= 15 is 0 Å². The maximum atomic E-state index is 14.2. The van der Waals surface area contributed by atoms with E-state index in [9.17, 15) is 18.0 Å². The van der Waals surface area contributed by atoms with Crippen molar-refractivity contribution in [2.45, 2.75) is 64.1 Å². The molecule has 0 aliphatic heterocycles. The molecule has 8 nitrogen and oxygen atoms in total. The van der Waals surface area contributed by atoms with Crippen molar-refractivity contribution in [2.75, 3.05) is 18.0 Å². The Bertz CT molecular complexity index is 1450. The van der Waals surface area contributed by atoms with Gasteiger partial charge in [-0.1, -0.05) is 67.9 Å². The Balaban J connectivity index is 2.09. The molecule has 2 amide bonds. The number of anilines is 1. The van der Waals surface area contributed by atoms with Crippen LogP contribution in [0.2, 0.25) is 5.02 Å². The number of rotatable bonds is 13. The van der Waals surface area contributed by atoms with Crippen LogP contribution in [0.15, 0.2) is 77.7 Å². The zero-order valence-corrected chi connectivity index (χ0v) is 25.7. The normalized spacial score (nSPS) is 12.7. The maximum absolute atomic E-state index is 14.2. The van der Waals surface area contributed by atoms with Gasteiger partial charge in [-0.3, -0.25) is 13.9 Å². The van der Waals surface area contributed by atoms with Crippen LogP contribution in [0.4, 0.5) is 5.69 Å². The van der Waals surface area contributed by atoms with Gasteiger partial charge in [0, 0.05) is 12.6 Å². The average molecular weight is 600 g/mol. The van der Waals surface area contributed by atoms with E-state index in [1.54, 1.807) is 24.3 Å². The van der Waals surface area contributed by atoms with Gasteiger partial charge in [0.2, 0.25) is 11.8 Å². The monoisotopic (exact) mass is 599 g/mol. The number of amides is 2. The van der Waals surface area contributed by atoms with Crippen LogP contribution in [0.25, 0.3) is 0 Å². The molecule has 0 unspecified atom stereocenters. The lowest BCUT2D eigenvalue weighted by Crippen LogP contribution is -2.53. The molecule has 0 heterocycles. The van der Waals surface area contributed by atoms with Crippen LogP contribution in [0.3, 0.4) is 0 Å². The van der Waals surface area contributed by atoms with Crippen molar-refractivity contribution in [3.8, 4) is 5.75 Å². The lowest BCUT2D eigenvalue weighted by atomic mass is 10.1. The van der Waals surface area contributed by atoms with E-state index in [0.29, 0.717) is 12.2 Å². The first-order valence-electron chi connectivity index (χ1n) is 13.6. The predicted molar refractivity (Wildman–Crippen MR) is 163 cm³/mol. The molecule has 0 saturated heterocycles. The van der Waals surface area contributed by atoms with Gasteiger partial charge < -0.3 is 15.0 Å². The van der Waals surface area contributed by atoms with Gasteiger partial charge in [-0.25, -0.2) is 8.42 Å². The molecule has 0 aliphatic carbocycles. The lowest BCUT2D eigenvalue weighted by Gasteiger charge is -2.34. The molecule has 2 atom stereocenters. The number of ether oxygens (including phenoxy) is 1. The molecule has 3 rings (SSSR count). The highest BCUT2D eigenvalue weighted by Crippen LogP contribution is 2.32. The van der Waals surface area contributed by atoms with Crippen molar-refractivity contribution >= 4 is 39.1 Å². The largest absolute Gasteiger partial charge is 0.495 e. The Morgan fingerprint density at radius 2 is 1.63 bits per heavy atom. The summed E-state index contributed by atoms with van der Waals surface area (Å²) in [6.45, 7) is 7.23. The Hall–Kier alpha value is -3.56. The SMILES string of the molecule is CC[C@@H](C)NC(=O)[C@H](CC)N(Cc1ccccc1C)C(=O)CN(c1ccc(OC)c(Cl)c1)S(=O)(=O)c1ccccc1. The number of carbonyl (C=O) groups excluding carboxylic acids is 2. The second-order valence-corrected chi connectivity index (χ2v) is 12.1. The molecule has 41 heavy (non-hydrogen) atoms. The number of carbonyl (C=O) groups is 2. The number of benzene rings is 3. The van der Waals surface area contributed by atoms with Crippen LogP contribution in [-0.4, -0.2) is 50.9 Å². The van der Waals surface area contributed by atoms with Crippen LogP contribution in [0, 0.1) is 6.92 Å². The third-order valence-electron chi connectivity index (χ3n) is 7.02. The van der Waals surface area contributed by atoms with E-state index < -0.39 is 28.5 Å². The minimum atomic E-state index is -4.19. The summed E-state index contributed by atoms with van der Waals surface area (Å²) in [7, 11) is -2.73. The number of nitrogens with one attached hydrogen (secondary N) is 1. The van der Waals surface area contributed by atoms with Crippen molar-refractivity contribution in [1.82, 2.24) is 10.2 Å². The number of aryl methyl sites for hydroxylation is 1. The molecule has 0 saturated carbocycles. The number of halogens is 1. The fourth-order valence-corrected chi connectivity index (χ4v) is 6.07. The van der Waals surface area contributed by atoms with Crippen molar-refractivity contribution in [3.05, 3.63) is 88.9 Å². The Kier molecular flexibility index (Phi) is 11.2. The van der Waals surface area contributed by atoms with E-state index in [0.717, 1.165) is 21.9 Å². The fraction of sp³-hybridized carbons (Fsp3) is 0.355. The zero-order valence-electron chi connectivity index (χ0n) is 24.1. The molecule has 0 radical (unpaired) electrons. The van der Waals surface area contributed by atoms with Gasteiger partial charge in [-0.2, -0.15) is 0 Å². The summed E-state index contributed by atoms with van der Waals surface area (Å²) >= 11 is 6.38. The van der Waals surface area contributed by atoms with Crippen LogP contribution in [-0.2, 0) is 26.2 Å². The molecule has 3 aromatic rings. The molecule has 220 valence electrons. The number of hydrogen-bond donors (Lipinski definition) is 1. The van der Waals surface area contributed by atoms with E-state index in [-0.39, 0.29) is 34.1 Å². The van der Waals surface area contributed by atoms with Crippen LogP contribution >= 0.6 is 11.6 Å². The highest BCUT2D eigenvalue weighted by atomic mass is 35.5. The standard InChI is InChI=1S/C31H38ClN3O5S/c1-6-23(4)33-31(37)28(7-2)34(20-24-14-12-11-13-22(24)3)30(36)21-35(25-17-18-29(40-5)27(32)19-25)41(38,39)26-15-9-8-10-16-26/h8-19,23,28H,6-7,20-21H2,1-5H3,(H,33,37)/t23-,28+/m1/s1. The summed E-state index contributed by atoms with van der Waals surface area (Å²) in [5.41, 5.74) is 2.01. The van der Waals surface area contributed by atoms with Gasteiger partial charge in [0.25, 0.3) is 10.0 Å². The van der Waals surface area contributed by atoms with Crippen molar-refractivity contribution < 1.29 is 22.7 Å². The molecule has 3 aromatic carbocycles. The summed E-state index contributed by atoms with van der Waals surface area (Å²) in [6.07, 6.45) is 1.08. The Morgan fingerprint density at radius 3 is 2.22 bits per heavy atom. The second-order valence-electron chi connectivity index (χ2n) is 9.83. The molecule has 0 spiro atoms. The minimum absolute atomic E-state index is 0.0201. The first-order valence-corrected chi connectivity index (χ1v) is 15.4. The molecular formula is C31H38ClN3O5S. The maximum Gasteiger partial charge on any atom is 0.264 e. The van der Waals surface area contributed by atoms with Crippen LogP contribution in [0.5, 0.6) is 5.75 Å². The zero-order chi connectivity index (χ0) is 30.2. The van der Waals surface area contributed by atoms with Crippen LogP contribution in [0.1, 0.15) is 44.7 Å². The first-order chi connectivity index (χ1) is 19.5. The Morgan fingerprint density at radius 1 is 0.976 bits per heavy atom. The quantitative estimate of drug-likeness (QED) is 0.277. The fourth-order valence-electron chi connectivity index (χ4n) is 4.39. The smallest absolute Gasteiger partial charge is 0.264 e. The molecular weight excluding hydrogens is 562 g/mol. The molecule has 10 heteroatoms. The van der Waals surface area contributed by atoms with Gasteiger partial charge in [-0.05, 0) is 68.1 Å². The molecule has 0 aliphatic rings. The average Bonchev–Trinajstić information content (AvgIpc) is 2.96. The van der Waals surface area contributed by atoms with Crippen LogP contribution < -0.4 is 14.4 Å². The Labute approximate surface area is 248 Å². The molecule has 1 N–H and O–H groups in total. The summed E-state index contributed by atoms with van der Waals surface area (Å²) in [4.78, 5) is 29.0. The van der Waals surface area contributed by atoms with Crippen molar-refractivity contribution in [2.24, 2.45) is 0 Å². The van der Waals surface area contributed by atoms with Gasteiger partial charge >= 0.3 is 0 Å².